The number of fused-ring (bicyclic) bond motifs is 5. The van der Waals surface area contributed by atoms with Crippen LogP contribution in [0.2, 0.25) is 5.15 Å². The van der Waals surface area contributed by atoms with E-state index in [9.17, 15) is 4.79 Å². The third-order valence-corrected chi connectivity index (χ3v) is 5.21. The Labute approximate surface area is 110 Å². The molecule has 4 nitrogen and oxygen atoms in total. The van der Waals surface area contributed by atoms with Crippen LogP contribution < -0.4 is 5.32 Å². The quantitative estimate of drug-likeness (QED) is 0.891. The fourth-order valence-electron chi connectivity index (χ4n) is 4.28. The SMILES string of the molecule is O=C(Nc1nccnc1Cl)C1C2C3CCC(C3)C12. The third kappa shape index (κ3) is 1.41. The van der Waals surface area contributed by atoms with E-state index in [-0.39, 0.29) is 17.0 Å². The largest absolute Gasteiger partial charge is 0.308 e. The second kappa shape index (κ2) is 3.67. The number of hydrogen-bond acceptors (Lipinski definition) is 3. The van der Waals surface area contributed by atoms with Crippen LogP contribution in [0, 0.1) is 29.6 Å². The van der Waals surface area contributed by atoms with Crippen LogP contribution in [0.3, 0.4) is 0 Å². The molecule has 0 aliphatic heterocycles. The summed E-state index contributed by atoms with van der Waals surface area (Å²) in [6.07, 6.45) is 7.05. The lowest BCUT2D eigenvalue weighted by Crippen LogP contribution is -2.19. The zero-order chi connectivity index (χ0) is 12.3. The Hall–Kier alpha value is -1.16. The van der Waals surface area contributed by atoms with Crippen LogP contribution >= 0.6 is 11.6 Å². The average molecular weight is 264 g/mol. The molecule has 3 fully saturated rings. The van der Waals surface area contributed by atoms with Crippen LogP contribution in [-0.4, -0.2) is 15.9 Å². The molecule has 1 aromatic heterocycles. The molecule has 4 unspecified atom stereocenters. The summed E-state index contributed by atoms with van der Waals surface area (Å²) in [5.41, 5.74) is 0. The predicted molar refractivity (Wildman–Crippen MR) is 67.0 cm³/mol. The number of carbonyl (C=O) groups excluding carboxylic acids is 1. The number of hydrogen-bond donors (Lipinski definition) is 1. The number of halogens is 1. The van der Waals surface area contributed by atoms with Crippen molar-refractivity contribution in [2.75, 3.05) is 5.32 Å². The van der Waals surface area contributed by atoms with Crippen molar-refractivity contribution < 1.29 is 4.79 Å². The maximum Gasteiger partial charge on any atom is 0.229 e. The number of aromatic nitrogens is 2. The Bertz CT molecular complexity index is 505. The Morgan fingerprint density at radius 1 is 1.22 bits per heavy atom. The maximum atomic E-state index is 12.2. The Kier molecular flexibility index (Phi) is 2.19. The summed E-state index contributed by atoms with van der Waals surface area (Å²) in [5, 5.41) is 3.09. The molecule has 0 aromatic carbocycles. The molecule has 1 heterocycles. The van der Waals surface area contributed by atoms with Gasteiger partial charge in [0.15, 0.2) is 11.0 Å². The summed E-state index contributed by atoms with van der Waals surface area (Å²) in [6, 6.07) is 0. The van der Waals surface area contributed by atoms with Crippen LogP contribution in [0.25, 0.3) is 0 Å². The van der Waals surface area contributed by atoms with E-state index in [4.69, 9.17) is 11.6 Å². The van der Waals surface area contributed by atoms with E-state index in [2.05, 4.69) is 15.3 Å². The summed E-state index contributed by atoms with van der Waals surface area (Å²) >= 11 is 5.90. The van der Waals surface area contributed by atoms with Crippen molar-refractivity contribution in [2.45, 2.75) is 19.3 Å². The van der Waals surface area contributed by atoms with Gasteiger partial charge >= 0.3 is 0 Å². The van der Waals surface area contributed by atoms with Crippen LogP contribution in [0.1, 0.15) is 19.3 Å². The van der Waals surface area contributed by atoms with E-state index in [0.29, 0.717) is 17.7 Å². The van der Waals surface area contributed by atoms with Crippen molar-refractivity contribution in [1.82, 2.24) is 9.97 Å². The average Bonchev–Trinajstić information content (AvgIpc) is 2.82. The van der Waals surface area contributed by atoms with Crippen LogP contribution in [0.4, 0.5) is 5.82 Å². The molecule has 1 N–H and O–H groups in total. The zero-order valence-electron chi connectivity index (χ0n) is 9.84. The van der Waals surface area contributed by atoms with Gasteiger partial charge in [-0.2, -0.15) is 0 Å². The highest BCUT2D eigenvalue weighted by molar-refractivity contribution is 6.32. The van der Waals surface area contributed by atoms with Crippen molar-refractivity contribution in [3.8, 4) is 0 Å². The first kappa shape index (κ1) is 10.7. The molecule has 3 aliphatic rings. The van der Waals surface area contributed by atoms with Crippen LogP contribution in [0.15, 0.2) is 12.4 Å². The molecule has 0 radical (unpaired) electrons. The minimum Gasteiger partial charge on any atom is -0.308 e. The molecule has 4 rings (SSSR count). The standard InChI is InChI=1S/C13H14ClN3O/c14-11-12(16-4-3-15-11)17-13(18)10-8-6-1-2-7(5-6)9(8)10/h3-4,6-10H,1-2,5H2,(H,16,17,18). The van der Waals surface area contributed by atoms with E-state index >= 15 is 0 Å². The fraction of sp³-hybridized carbons (Fsp3) is 0.615. The number of nitrogens with zero attached hydrogens (tertiary/aromatic N) is 2. The molecule has 2 bridgehead atoms. The van der Waals surface area contributed by atoms with Crippen molar-refractivity contribution in [1.29, 1.82) is 0 Å². The molecule has 3 aliphatic carbocycles. The van der Waals surface area contributed by atoms with Gasteiger partial charge in [0.2, 0.25) is 5.91 Å². The molecule has 1 aromatic rings. The molecule has 4 atom stereocenters. The zero-order valence-corrected chi connectivity index (χ0v) is 10.6. The molecule has 94 valence electrons. The van der Waals surface area contributed by atoms with Gasteiger partial charge in [0.05, 0.1) is 0 Å². The van der Waals surface area contributed by atoms with Crippen LogP contribution in [-0.2, 0) is 4.79 Å². The van der Waals surface area contributed by atoms with Crippen molar-refractivity contribution in [3.63, 3.8) is 0 Å². The first-order valence-corrected chi connectivity index (χ1v) is 6.91. The number of rotatable bonds is 2. The Morgan fingerprint density at radius 2 is 1.89 bits per heavy atom. The van der Waals surface area contributed by atoms with Gasteiger partial charge in [-0.25, -0.2) is 9.97 Å². The van der Waals surface area contributed by atoms with Crippen molar-refractivity contribution >= 4 is 23.3 Å². The van der Waals surface area contributed by atoms with Gasteiger partial charge in [0.1, 0.15) is 0 Å². The highest BCUT2D eigenvalue weighted by Gasteiger charge is 2.67. The number of amides is 1. The van der Waals surface area contributed by atoms with Gasteiger partial charge in [0, 0.05) is 18.3 Å². The van der Waals surface area contributed by atoms with Gasteiger partial charge in [-0.05, 0) is 42.9 Å². The van der Waals surface area contributed by atoms with E-state index in [1.54, 1.807) is 6.20 Å². The van der Waals surface area contributed by atoms with Crippen LogP contribution in [0.5, 0.6) is 0 Å². The second-order valence-corrected chi connectivity index (χ2v) is 6.06. The Balaban J connectivity index is 1.48. The lowest BCUT2D eigenvalue weighted by molar-refractivity contribution is -0.118. The third-order valence-electron chi connectivity index (χ3n) is 4.93. The predicted octanol–water partition coefficient (Wildman–Crippen LogP) is 2.36. The molecule has 1 amide bonds. The highest BCUT2D eigenvalue weighted by Crippen LogP contribution is 2.69. The summed E-state index contributed by atoms with van der Waals surface area (Å²) in [5.74, 6) is 3.55. The van der Waals surface area contributed by atoms with Gasteiger partial charge in [-0.3, -0.25) is 4.79 Å². The van der Waals surface area contributed by atoms with E-state index in [1.165, 1.54) is 25.5 Å². The van der Waals surface area contributed by atoms with Gasteiger partial charge < -0.3 is 5.32 Å². The topological polar surface area (TPSA) is 54.9 Å². The smallest absolute Gasteiger partial charge is 0.229 e. The number of anilines is 1. The molecule has 5 heteroatoms. The molecular weight excluding hydrogens is 250 g/mol. The van der Waals surface area contributed by atoms with E-state index in [0.717, 1.165) is 11.8 Å². The molecule has 0 spiro atoms. The lowest BCUT2D eigenvalue weighted by atomic mass is 10.0. The van der Waals surface area contributed by atoms with Gasteiger partial charge in [0.25, 0.3) is 0 Å². The number of nitrogens with one attached hydrogen (secondary N) is 1. The molecule has 3 saturated carbocycles. The number of carbonyl (C=O) groups is 1. The van der Waals surface area contributed by atoms with E-state index < -0.39 is 0 Å². The Morgan fingerprint density at radius 3 is 2.56 bits per heavy atom. The first-order valence-electron chi connectivity index (χ1n) is 6.53. The summed E-state index contributed by atoms with van der Waals surface area (Å²) in [4.78, 5) is 20.2. The summed E-state index contributed by atoms with van der Waals surface area (Å²) < 4.78 is 0. The normalized spacial score (nSPS) is 39.5. The summed E-state index contributed by atoms with van der Waals surface area (Å²) in [7, 11) is 0. The molecule has 18 heavy (non-hydrogen) atoms. The van der Waals surface area contributed by atoms with Crippen molar-refractivity contribution in [3.05, 3.63) is 17.5 Å². The van der Waals surface area contributed by atoms with Gasteiger partial charge in [-0.1, -0.05) is 11.6 Å². The monoisotopic (exact) mass is 263 g/mol. The minimum atomic E-state index is 0.0870. The van der Waals surface area contributed by atoms with Crippen molar-refractivity contribution in [2.24, 2.45) is 29.6 Å². The maximum absolute atomic E-state index is 12.2. The molecular formula is C13H14ClN3O. The fourth-order valence-corrected chi connectivity index (χ4v) is 4.43. The van der Waals surface area contributed by atoms with E-state index in [1.807, 2.05) is 0 Å². The summed E-state index contributed by atoms with van der Waals surface area (Å²) in [6.45, 7) is 0. The lowest BCUT2D eigenvalue weighted by Gasteiger charge is -2.09. The van der Waals surface area contributed by atoms with Gasteiger partial charge in [-0.15, -0.1) is 0 Å². The molecule has 0 saturated heterocycles. The second-order valence-electron chi connectivity index (χ2n) is 5.70. The minimum absolute atomic E-state index is 0.0870. The first-order chi connectivity index (χ1) is 8.75. The highest BCUT2D eigenvalue weighted by atomic mass is 35.5.